The molecular formula is C13H15N3O3S. The lowest BCUT2D eigenvalue weighted by molar-refractivity contribution is 0.0694. The summed E-state index contributed by atoms with van der Waals surface area (Å²) in [5, 5.41) is 16.2. The summed E-state index contributed by atoms with van der Waals surface area (Å²) in [4.78, 5) is 16.1. The molecule has 1 aromatic heterocycles. The van der Waals surface area contributed by atoms with E-state index in [1.807, 2.05) is 19.1 Å². The fourth-order valence-electron chi connectivity index (χ4n) is 1.79. The van der Waals surface area contributed by atoms with Crippen LogP contribution in [0.3, 0.4) is 0 Å². The van der Waals surface area contributed by atoms with Crippen molar-refractivity contribution in [2.45, 2.75) is 18.2 Å². The third-order valence-corrected chi connectivity index (χ3v) is 3.55. The molecule has 0 saturated carbocycles. The molecule has 0 saturated heterocycles. The van der Waals surface area contributed by atoms with E-state index >= 15 is 0 Å². The van der Waals surface area contributed by atoms with Crippen molar-refractivity contribution >= 4 is 23.4 Å². The van der Waals surface area contributed by atoms with Gasteiger partial charge in [-0.2, -0.15) is 4.98 Å². The number of thioether (sulfide) groups is 1. The summed E-state index contributed by atoms with van der Waals surface area (Å²) in [5.74, 6) is 0.490. The number of anilines is 1. The summed E-state index contributed by atoms with van der Waals surface area (Å²) in [6, 6.07) is 5.43. The Kier molecular flexibility index (Phi) is 5.00. The topological polar surface area (TPSA) is 88.3 Å². The quantitative estimate of drug-likeness (QED) is 0.758. The number of aromatic nitrogens is 2. The summed E-state index contributed by atoms with van der Waals surface area (Å²) in [7, 11) is 0. The second kappa shape index (κ2) is 6.95. The van der Waals surface area contributed by atoms with Gasteiger partial charge in [-0.3, -0.25) is 0 Å². The SMILES string of the molecule is CCSc1cccc(NCCc2ncon2)c1C(=O)O. The molecule has 0 aliphatic heterocycles. The first-order chi connectivity index (χ1) is 9.72. The number of aromatic carboxylic acids is 1. The molecule has 0 bridgehead atoms. The van der Waals surface area contributed by atoms with Crippen molar-refractivity contribution in [2.75, 3.05) is 17.6 Å². The van der Waals surface area contributed by atoms with Gasteiger partial charge in [-0.15, -0.1) is 11.8 Å². The fraction of sp³-hybridized carbons (Fsp3) is 0.308. The van der Waals surface area contributed by atoms with Gasteiger partial charge in [-0.1, -0.05) is 18.1 Å². The van der Waals surface area contributed by atoms with Crippen LogP contribution in [0.15, 0.2) is 34.0 Å². The zero-order valence-corrected chi connectivity index (χ0v) is 11.8. The van der Waals surface area contributed by atoms with Gasteiger partial charge >= 0.3 is 5.97 Å². The van der Waals surface area contributed by atoms with E-state index in [9.17, 15) is 9.90 Å². The van der Waals surface area contributed by atoms with Crippen molar-refractivity contribution in [3.05, 3.63) is 36.0 Å². The number of carboxylic acid groups (broad SMARTS) is 1. The van der Waals surface area contributed by atoms with Crippen LogP contribution in [0.5, 0.6) is 0 Å². The number of hydrogen-bond donors (Lipinski definition) is 2. The molecule has 6 nitrogen and oxygen atoms in total. The molecule has 7 heteroatoms. The van der Waals surface area contributed by atoms with Crippen molar-refractivity contribution in [1.29, 1.82) is 0 Å². The monoisotopic (exact) mass is 293 g/mol. The Labute approximate surface area is 120 Å². The molecule has 0 spiro atoms. The van der Waals surface area contributed by atoms with Crippen molar-refractivity contribution in [1.82, 2.24) is 10.1 Å². The van der Waals surface area contributed by atoms with Crippen LogP contribution in [0.1, 0.15) is 23.1 Å². The van der Waals surface area contributed by atoms with E-state index in [-0.39, 0.29) is 0 Å². The molecule has 2 rings (SSSR count). The predicted molar refractivity (Wildman–Crippen MR) is 76.3 cm³/mol. The number of carbonyl (C=O) groups is 1. The van der Waals surface area contributed by atoms with Gasteiger partial charge in [0, 0.05) is 23.5 Å². The zero-order valence-electron chi connectivity index (χ0n) is 11.0. The molecule has 0 amide bonds. The molecule has 0 fully saturated rings. The minimum absolute atomic E-state index is 0.312. The highest BCUT2D eigenvalue weighted by Crippen LogP contribution is 2.28. The molecule has 2 aromatic rings. The van der Waals surface area contributed by atoms with Gasteiger partial charge in [0.25, 0.3) is 0 Å². The average Bonchev–Trinajstić information content (AvgIpc) is 2.92. The summed E-state index contributed by atoms with van der Waals surface area (Å²) in [5.41, 5.74) is 0.923. The van der Waals surface area contributed by atoms with Crippen LogP contribution in [0.4, 0.5) is 5.69 Å². The molecule has 20 heavy (non-hydrogen) atoms. The van der Waals surface area contributed by atoms with Crippen LogP contribution < -0.4 is 5.32 Å². The Hall–Kier alpha value is -2.02. The molecule has 0 aliphatic rings. The highest BCUT2D eigenvalue weighted by atomic mass is 32.2. The maximum absolute atomic E-state index is 11.4. The van der Waals surface area contributed by atoms with Crippen LogP contribution in [-0.2, 0) is 6.42 Å². The molecular weight excluding hydrogens is 278 g/mol. The molecule has 0 atom stereocenters. The Bertz CT molecular complexity index is 572. The van der Waals surface area contributed by atoms with E-state index in [0.717, 1.165) is 10.6 Å². The second-order valence-corrected chi connectivity index (χ2v) is 5.25. The number of rotatable bonds is 7. The maximum atomic E-state index is 11.4. The van der Waals surface area contributed by atoms with E-state index in [0.29, 0.717) is 30.0 Å². The van der Waals surface area contributed by atoms with E-state index in [1.165, 1.54) is 18.2 Å². The molecule has 1 aromatic carbocycles. The van der Waals surface area contributed by atoms with Crippen LogP contribution in [-0.4, -0.2) is 33.5 Å². The molecule has 106 valence electrons. The Balaban J connectivity index is 2.09. The van der Waals surface area contributed by atoms with Gasteiger partial charge in [0.2, 0.25) is 6.39 Å². The van der Waals surface area contributed by atoms with Crippen LogP contribution in [0, 0.1) is 0 Å². The minimum atomic E-state index is -0.927. The predicted octanol–water partition coefficient (Wildman–Crippen LogP) is 2.53. The highest BCUT2D eigenvalue weighted by Gasteiger charge is 2.15. The lowest BCUT2D eigenvalue weighted by Gasteiger charge is -2.12. The van der Waals surface area contributed by atoms with E-state index < -0.39 is 5.97 Å². The Morgan fingerprint density at radius 1 is 1.50 bits per heavy atom. The summed E-state index contributed by atoms with van der Waals surface area (Å²) in [6.07, 6.45) is 1.84. The first kappa shape index (κ1) is 14.4. The molecule has 0 radical (unpaired) electrons. The summed E-state index contributed by atoms with van der Waals surface area (Å²) >= 11 is 1.52. The second-order valence-electron chi connectivity index (χ2n) is 3.94. The summed E-state index contributed by atoms with van der Waals surface area (Å²) in [6.45, 7) is 2.53. The van der Waals surface area contributed by atoms with Gasteiger partial charge in [-0.25, -0.2) is 4.79 Å². The van der Waals surface area contributed by atoms with Crippen molar-refractivity contribution in [2.24, 2.45) is 0 Å². The van der Waals surface area contributed by atoms with Gasteiger partial charge in [0.05, 0.1) is 5.56 Å². The maximum Gasteiger partial charge on any atom is 0.338 e. The minimum Gasteiger partial charge on any atom is -0.478 e. The zero-order chi connectivity index (χ0) is 14.4. The van der Waals surface area contributed by atoms with Crippen molar-refractivity contribution in [3.8, 4) is 0 Å². The smallest absolute Gasteiger partial charge is 0.338 e. The van der Waals surface area contributed by atoms with E-state index in [1.54, 1.807) is 6.07 Å². The third-order valence-electron chi connectivity index (χ3n) is 2.61. The fourth-order valence-corrected chi connectivity index (χ4v) is 2.61. The largest absolute Gasteiger partial charge is 0.478 e. The highest BCUT2D eigenvalue weighted by molar-refractivity contribution is 7.99. The van der Waals surface area contributed by atoms with Crippen LogP contribution in [0.25, 0.3) is 0 Å². The molecule has 0 aliphatic carbocycles. The number of carboxylic acids is 1. The lowest BCUT2D eigenvalue weighted by Crippen LogP contribution is -2.11. The standard InChI is InChI=1S/C13H15N3O3S/c1-2-20-10-5-3-4-9(12(10)13(17)18)14-7-6-11-15-8-19-16-11/h3-5,8,14H,2,6-7H2,1H3,(H,17,18). The van der Waals surface area contributed by atoms with Gasteiger partial charge in [0.15, 0.2) is 5.82 Å². The number of hydrogen-bond acceptors (Lipinski definition) is 6. The van der Waals surface area contributed by atoms with Gasteiger partial charge < -0.3 is 14.9 Å². The lowest BCUT2D eigenvalue weighted by atomic mass is 10.1. The first-order valence-electron chi connectivity index (χ1n) is 6.20. The van der Waals surface area contributed by atoms with Crippen LogP contribution >= 0.6 is 11.8 Å². The van der Waals surface area contributed by atoms with Gasteiger partial charge in [0.1, 0.15) is 0 Å². The normalized spacial score (nSPS) is 10.4. The van der Waals surface area contributed by atoms with Gasteiger partial charge in [-0.05, 0) is 17.9 Å². The number of nitrogens with one attached hydrogen (secondary N) is 1. The number of benzene rings is 1. The van der Waals surface area contributed by atoms with Crippen molar-refractivity contribution in [3.63, 3.8) is 0 Å². The molecule has 0 unspecified atom stereocenters. The first-order valence-corrected chi connectivity index (χ1v) is 7.19. The third kappa shape index (κ3) is 3.51. The Morgan fingerprint density at radius 3 is 3.00 bits per heavy atom. The summed E-state index contributed by atoms with van der Waals surface area (Å²) < 4.78 is 4.64. The van der Waals surface area contributed by atoms with Crippen molar-refractivity contribution < 1.29 is 14.4 Å². The van der Waals surface area contributed by atoms with Crippen LogP contribution in [0.2, 0.25) is 0 Å². The number of nitrogens with zero attached hydrogens (tertiary/aromatic N) is 2. The molecule has 2 N–H and O–H groups in total. The van der Waals surface area contributed by atoms with E-state index in [4.69, 9.17) is 0 Å². The Morgan fingerprint density at radius 2 is 2.35 bits per heavy atom. The average molecular weight is 293 g/mol. The molecule has 1 heterocycles. The van der Waals surface area contributed by atoms with E-state index in [2.05, 4.69) is 20.0 Å².